The van der Waals surface area contributed by atoms with Gasteiger partial charge in [0.25, 0.3) is 12.3 Å². The number of hydrogen-bond acceptors (Lipinski definition) is 8. The molecular formula is C37H37ClF6N8O3. The lowest BCUT2D eigenvalue weighted by Gasteiger charge is -2.35. The minimum atomic E-state index is -4.63. The van der Waals surface area contributed by atoms with Gasteiger partial charge in [0.1, 0.15) is 18.8 Å². The molecule has 4 aromatic rings. The van der Waals surface area contributed by atoms with Crippen LogP contribution < -0.4 is 5.73 Å². The fraction of sp³-hybridized carbons (Fsp3) is 0.459. The maximum Gasteiger partial charge on any atom is 0.395 e. The summed E-state index contributed by atoms with van der Waals surface area (Å²) in [5, 5.41) is 8.18. The monoisotopic (exact) mass is 790 g/mol. The summed E-state index contributed by atoms with van der Waals surface area (Å²) in [6.45, 7) is 4.85. The van der Waals surface area contributed by atoms with E-state index in [0.29, 0.717) is 5.56 Å². The number of aromatic nitrogens is 5. The normalized spacial score (nSPS) is 20.2. The topological polar surface area (TPSA) is 134 Å². The van der Waals surface area contributed by atoms with E-state index in [1.807, 2.05) is 20.8 Å². The molecule has 1 amide bonds. The molecule has 55 heavy (non-hydrogen) atoms. The molecule has 2 aromatic heterocycles. The van der Waals surface area contributed by atoms with Gasteiger partial charge in [0, 0.05) is 17.3 Å². The number of esters is 1. The Hall–Kier alpha value is -4.93. The van der Waals surface area contributed by atoms with Crippen molar-refractivity contribution in [2.45, 2.75) is 89.5 Å². The molecule has 0 spiro atoms. The van der Waals surface area contributed by atoms with E-state index in [4.69, 9.17) is 22.1 Å². The average molecular weight is 791 g/mol. The number of carbonyl (C=O) groups excluding carboxylic acids is 2. The third-order valence-corrected chi connectivity index (χ3v) is 10.5. The van der Waals surface area contributed by atoms with Gasteiger partial charge in [-0.25, -0.2) is 27.8 Å². The number of nitrogens with zero attached hydrogens (tertiary/aromatic N) is 7. The number of halogens is 7. The minimum Gasteiger partial charge on any atom is -0.463 e. The van der Waals surface area contributed by atoms with Crippen LogP contribution in [-0.2, 0) is 19.9 Å². The molecule has 2 fully saturated rings. The smallest absolute Gasteiger partial charge is 0.395 e. The highest BCUT2D eigenvalue weighted by Crippen LogP contribution is 2.60. The first-order valence-electron chi connectivity index (χ1n) is 17.6. The number of hydrogen-bond donors (Lipinski definition) is 1. The molecule has 2 aromatic carbocycles. The molecule has 2 aliphatic carbocycles. The first kappa shape index (κ1) is 38.3. The molecule has 7 rings (SSSR count). The lowest BCUT2D eigenvalue weighted by molar-refractivity contribution is -0.195. The molecule has 18 heteroatoms. The van der Waals surface area contributed by atoms with Crippen LogP contribution in [0.25, 0.3) is 16.8 Å². The lowest BCUT2D eigenvalue weighted by atomic mass is 9.75. The molecule has 3 heterocycles. The summed E-state index contributed by atoms with van der Waals surface area (Å²) in [7, 11) is 0. The van der Waals surface area contributed by atoms with Gasteiger partial charge < -0.3 is 10.5 Å². The zero-order valence-corrected chi connectivity index (χ0v) is 30.7. The van der Waals surface area contributed by atoms with Crippen molar-refractivity contribution < 1.29 is 40.7 Å². The number of rotatable bonds is 12. The zero-order valence-electron chi connectivity index (χ0n) is 30.0. The van der Waals surface area contributed by atoms with Crippen molar-refractivity contribution in [3.8, 4) is 16.8 Å². The second-order valence-electron chi connectivity index (χ2n) is 15.6. The van der Waals surface area contributed by atoms with Crippen LogP contribution in [0.5, 0.6) is 0 Å². The van der Waals surface area contributed by atoms with Gasteiger partial charge in [0.15, 0.2) is 17.3 Å². The van der Waals surface area contributed by atoms with Crippen LogP contribution >= 0.6 is 11.6 Å². The number of ether oxygens (including phenoxy) is 1. The Balaban J connectivity index is 1.28. The zero-order chi connectivity index (χ0) is 39.7. The van der Waals surface area contributed by atoms with Crippen LogP contribution in [0.15, 0.2) is 60.1 Å². The fourth-order valence-corrected chi connectivity index (χ4v) is 7.31. The Morgan fingerprint density at radius 1 is 1.09 bits per heavy atom. The number of alkyl halides is 5. The van der Waals surface area contributed by atoms with Gasteiger partial charge >= 0.3 is 12.1 Å². The summed E-state index contributed by atoms with van der Waals surface area (Å²) < 4.78 is 93.0. The molecule has 0 saturated heterocycles. The Kier molecular flexibility index (Phi) is 9.53. The standard InChI is InChI=1S/C37H37ClF6N8O3/c1-34(2,3)18-36(22-5-8-24(26(39)13-22)21-15-47-50(16-21)23-6-7-23)32(54)51(33(45)49-36)28(17-55-29(53)14-35(10-11-35)37(42,43)44)20-4-9-25(38)27(12-20)52-31(30(40)41)46-19-48-52/h4-5,8-9,12-13,15-16,19,23,28,30H,6-7,10-11,14,17-18H2,1-3H3,(H2,45,49)/t28-,36-/m1/s1. The largest absolute Gasteiger partial charge is 0.463 e. The lowest BCUT2D eigenvalue weighted by Crippen LogP contribution is -2.47. The molecule has 292 valence electrons. The first-order chi connectivity index (χ1) is 25.8. The number of guanidine groups is 1. The van der Waals surface area contributed by atoms with Crippen LogP contribution in [-0.4, -0.2) is 60.1 Å². The van der Waals surface area contributed by atoms with Gasteiger partial charge in [-0.3, -0.25) is 19.2 Å². The van der Waals surface area contributed by atoms with Crippen molar-refractivity contribution in [1.82, 2.24) is 29.4 Å². The highest BCUT2D eigenvalue weighted by atomic mass is 35.5. The molecule has 11 nitrogen and oxygen atoms in total. The van der Waals surface area contributed by atoms with Gasteiger partial charge in [0.05, 0.1) is 40.8 Å². The Morgan fingerprint density at radius 3 is 2.44 bits per heavy atom. The van der Waals surface area contributed by atoms with Crippen LogP contribution in [0, 0.1) is 16.6 Å². The first-order valence-corrected chi connectivity index (χ1v) is 17.9. The quantitative estimate of drug-likeness (QED) is 0.114. The average Bonchev–Trinajstić information content (AvgIpc) is 3.97. The van der Waals surface area contributed by atoms with E-state index in [-0.39, 0.29) is 58.7 Å². The Morgan fingerprint density at radius 2 is 1.82 bits per heavy atom. The molecule has 1 aliphatic heterocycles. The van der Waals surface area contributed by atoms with Gasteiger partial charge in [-0.1, -0.05) is 50.6 Å². The van der Waals surface area contributed by atoms with E-state index in [9.17, 15) is 31.5 Å². The van der Waals surface area contributed by atoms with E-state index >= 15 is 4.39 Å². The Bertz CT molecular complexity index is 2170. The SMILES string of the molecule is CC(C)(C)C[C@]1(c2ccc(-c3cnn(C4CC4)c3)c(F)c2)N=C(N)N([C@H](COC(=O)CC2(C(F)(F)F)CC2)c2ccc(Cl)c(-n3ncnc3C(F)F)c2)C1=O. The number of amides is 1. The number of benzene rings is 2. The second-order valence-corrected chi connectivity index (χ2v) is 16.0. The fourth-order valence-electron chi connectivity index (χ4n) is 7.11. The van der Waals surface area contributed by atoms with Crippen LogP contribution in [0.2, 0.25) is 5.02 Å². The minimum absolute atomic E-state index is 0.0254. The Labute approximate surface area is 316 Å². The maximum absolute atomic E-state index is 16.0. The highest BCUT2D eigenvalue weighted by Gasteiger charge is 2.64. The van der Waals surface area contributed by atoms with Gasteiger partial charge in [0.2, 0.25) is 0 Å². The third-order valence-electron chi connectivity index (χ3n) is 10.2. The van der Waals surface area contributed by atoms with Crippen molar-refractivity contribution in [3.05, 3.63) is 82.9 Å². The summed E-state index contributed by atoms with van der Waals surface area (Å²) in [6, 6.07) is 7.29. The molecule has 0 unspecified atom stereocenters. The maximum atomic E-state index is 16.0. The van der Waals surface area contributed by atoms with Crippen molar-refractivity contribution in [1.29, 1.82) is 0 Å². The third kappa shape index (κ3) is 7.30. The molecular weight excluding hydrogens is 754 g/mol. The van der Waals surface area contributed by atoms with E-state index < -0.39 is 71.6 Å². The number of nitrogens with two attached hydrogens (primary N) is 1. The van der Waals surface area contributed by atoms with E-state index in [0.717, 1.165) is 28.8 Å². The van der Waals surface area contributed by atoms with E-state index in [2.05, 4.69) is 20.2 Å². The molecule has 0 radical (unpaired) electrons. The summed E-state index contributed by atoms with van der Waals surface area (Å²) in [4.78, 5) is 37.3. The molecule has 3 aliphatic rings. The number of carbonyl (C=O) groups is 2. The predicted molar refractivity (Wildman–Crippen MR) is 187 cm³/mol. The summed E-state index contributed by atoms with van der Waals surface area (Å²) in [5.74, 6) is -3.65. The summed E-state index contributed by atoms with van der Waals surface area (Å²) in [6.07, 6.45) is -2.88. The van der Waals surface area contributed by atoms with Crippen molar-refractivity contribution in [2.24, 2.45) is 21.6 Å². The van der Waals surface area contributed by atoms with Crippen molar-refractivity contribution >= 4 is 29.4 Å². The van der Waals surface area contributed by atoms with E-state index in [1.54, 1.807) is 23.1 Å². The molecule has 0 bridgehead atoms. The highest BCUT2D eigenvalue weighted by molar-refractivity contribution is 6.32. The predicted octanol–water partition coefficient (Wildman–Crippen LogP) is 8.00. The molecule has 2 N–H and O–H groups in total. The molecule has 2 atom stereocenters. The van der Waals surface area contributed by atoms with Gasteiger partial charge in [-0.15, -0.1) is 0 Å². The summed E-state index contributed by atoms with van der Waals surface area (Å²) in [5.41, 5.74) is 2.95. The molecule has 2 saturated carbocycles. The van der Waals surface area contributed by atoms with Crippen LogP contribution in [0.1, 0.15) is 94.8 Å². The van der Waals surface area contributed by atoms with Crippen molar-refractivity contribution in [2.75, 3.05) is 6.61 Å². The summed E-state index contributed by atoms with van der Waals surface area (Å²) >= 11 is 6.43. The van der Waals surface area contributed by atoms with Crippen LogP contribution in [0.4, 0.5) is 26.3 Å². The van der Waals surface area contributed by atoms with E-state index in [1.165, 1.54) is 30.3 Å². The van der Waals surface area contributed by atoms with Gasteiger partial charge in [-0.05, 0) is 66.8 Å². The van der Waals surface area contributed by atoms with Gasteiger partial charge in [-0.2, -0.15) is 23.4 Å². The van der Waals surface area contributed by atoms with Crippen LogP contribution in [0.3, 0.4) is 0 Å². The van der Waals surface area contributed by atoms with Crippen molar-refractivity contribution in [3.63, 3.8) is 0 Å². The second kappa shape index (κ2) is 13.7. The number of aliphatic imine (C=N–C) groups is 1.